The molecule has 9 heteroatoms. The number of rotatable bonds is 7. The zero-order valence-electron chi connectivity index (χ0n) is 16.9. The number of aliphatic hydroxyl groups is 1. The van der Waals surface area contributed by atoms with Gasteiger partial charge in [0.05, 0.1) is 43.0 Å². The molecular weight excluding hydrogens is 388 g/mol. The molecule has 0 fully saturated rings. The molecule has 2 atom stereocenters. The fourth-order valence-electron chi connectivity index (χ4n) is 3.78. The monoisotopic (exact) mass is 412 g/mol. The lowest BCUT2D eigenvalue weighted by molar-refractivity contribution is -0.198. The first-order valence-electron chi connectivity index (χ1n) is 9.24. The molecule has 0 saturated heterocycles. The molecule has 0 bridgehead atoms. The lowest BCUT2D eigenvalue weighted by atomic mass is 9.73. The van der Waals surface area contributed by atoms with Gasteiger partial charge < -0.3 is 19.3 Å². The average Bonchev–Trinajstić information content (AvgIpc) is 2.71. The number of nitrogens with zero attached hydrogens (tertiary/aromatic N) is 3. The minimum Gasteiger partial charge on any atom is -0.478 e. The number of nitrogens with two attached hydrogens (primary N) is 1. The first kappa shape index (κ1) is 21.7. The molecule has 2 heterocycles. The van der Waals surface area contributed by atoms with Gasteiger partial charge in [0.25, 0.3) is 5.56 Å². The topological polar surface area (TPSA) is 133 Å². The molecule has 1 aliphatic heterocycles. The van der Waals surface area contributed by atoms with Gasteiger partial charge in [-0.2, -0.15) is 10.4 Å². The largest absolute Gasteiger partial charge is 0.478 e. The van der Waals surface area contributed by atoms with Crippen LogP contribution in [0.3, 0.4) is 0 Å². The van der Waals surface area contributed by atoms with Crippen molar-refractivity contribution in [1.82, 2.24) is 9.78 Å². The zero-order chi connectivity index (χ0) is 21.9. The molecule has 1 aliphatic rings. The van der Waals surface area contributed by atoms with Gasteiger partial charge >= 0.3 is 0 Å². The molecule has 1 aromatic heterocycles. The third-order valence-electron chi connectivity index (χ3n) is 5.17. The zero-order valence-corrected chi connectivity index (χ0v) is 16.9. The Morgan fingerprint density at radius 1 is 1.37 bits per heavy atom. The second kappa shape index (κ2) is 8.38. The number of hydrogen-bond donors (Lipinski definition) is 2. The van der Waals surface area contributed by atoms with E-state index < -0.39 is 17.2 Å². The first-order chi connectivity index (χ1) is 14.3. The van der Waals surface area contributed by atoms with E-state index in [0.717, 1.165) is 0 Å². The van der Waals surface area contributed by atoms with Crippen LogP contribution in [0.15, 0.2) is 47.8 Å². The van der Waals surface area contributed by atoms with Crippen molar-refractivity contribution in [3.63, 3.8) is 0 Å². The molecule has 0 amide bonds. The minimum atomic E-state index is -2.05. The Kier molecular flexibility index (Phi) is 6.05. The predicted molar refractivity (Wildman–Crippen MR) is 108 cm³/mol. The molecular formula is C21H24N4O5. The molecule has 1 aromatic carbocycles. The van der Waals surface area contributed by atoms with Crippen molar-refractivity contribution in [3.05, 3.63) is 70.2 Å². The van der Waals surface area contributed by atoms with Gasteiger partial charge in [0.15, 0.2) is 11.3 Å². The summed E-state index contributed by atoms with van der Waals surface area (Å²) in [6.45, 7) is 3.67. The highest BCUT2D eigenvalue weighted by Crippen LogP contribution is 2.48. The van der Waals surface area contributed by atoms with Crippen LogP contribution in [0.25, 0.3) is 0 Å². The van der Waals surface area contributed by atoms with Crippen LogP contribution in [0.5, 0.6) is 5.75 Å². The van der Waals surface area contributed by atoms with Crippen molar-refractivity contribution in [1.29, 1.82) is 5.26 Å². The molecule has 0 radical (unpaired) electrons. The van der Waals surface area contributed by atoms with E-state index in [1.807, 2.05) is 0 Å². The van der Waals surface area contributed by atoms with E-state index in [0.29, 0.717) is 22.6 Å². The number of ether oxygens (including phenoxy) is 3. The fourth-order valence-corrected chi connectivity index (χ4v) is 3.78. The Bertz CT molecular complexity index is 1030. The Balaban J connectivity index is 2.30. The molecule has 0 aliphatic carbocycles. The van der Waals surface area contributed by atoms with Crippen LogP contribution in [-0.2, 0) is 16.0 Å². The summed E-state index contributed by atoms with van der Waals surface area (Å²) in [7, 11) is 2.92. The van der Waals surface area contributed by atoms with Gasteiger partial charge in [-0.05, 0) is 24.3 Å². The highest BCUT2D eigenvalue weighted by Gasteiger charge is 2.60. The molecule has 0 unspecified atom stereocenters. The Hall–Kier alpha value is -3.03. The number of allylic oxidation sites excluding steroid dienone is 1. The lowest BCUT2D eigenvalue weighted by Crippen LogP contribution is -2.72. The third-order valence-corrected chi connectivity index (χ3v) is 5.17. The highest BCUT2D eigenvalue weighted by molar-refractivity contribution is 5.51. The maximum absolute atomic E-state index is 12.1. The summed E-state index contributed by atoms with van der Waals surface area (Å²) in [6.07, 6.45) is 1.54. The summed E-state index contributed by atoms with van der Waals surface area (Å²) < 4.78 is 18.0. The maximum Gasteiger partial charge on any atom is 0.267 e. The lowest BCUT2D eigenvalue weighted by Gasteiger charge is -2.51. The normalized spacial score (nSPS) is 21.9. The van der Waals surface area contributed by atoms with Crippen LogP contribution in [0.2, 0.25) is 0 Å². The standard InChI is InChI=1S/C21H24N4O5/c1-4-9-25-18(26)8-6-16(24-25)19-15-10-14(11-22)5-7-17(15)30-20(12-28-2,13-29-3)21(19,23)27/h4-8,10,19,27H,1,9,12-13,23H2,2-3H3/t19-,21+/m1/s1. The van der Waals surface area contributed by atoms with Gasteiger partial charge in [-0.3, -0.25) is 10.5 Å². The summed E-state index contributed by atoms with van der Waals surface area (Å²) in [4.78, 5) is 12.1. The quantitative estimate of drug-likeness (QED) is 0.496. The number of benzene rings is 1. The average molecular weight is 412 g/mol. The number of fused-ring (bicyclic) bond motifs is 1. The van der Waals surface area contributed by atoms with Crippen LogP contribution in [0, 0.1) is 11.3 Å². The molecule has 158 valence electrons. The number of methoxy groups -OCH3 is 2. The summed E-state index contributed by atoms with van der Waals surface area (Å²) in [5.41, 5.74) is 3.84. The summed E-state index contributed by atoms with van der Waals surface area (Å²) >= 11 is 0. The van der Waals surface area contributed by atoms with Gasteiger partial charge in [0, 0.05) is 25.8 Å². The van der Waals surface area contributed by atoms with Crippen molar-refractivity contribution in [2.75, 3.05) is 27.4 Å². The van der Waals surface area contributed by atoms with Crippen molar-refractivity contribution >= 4 is 0 Å². The minimum absolute atomic E-state index is 0.0733. The van der Waals surface area contributed by atoms with Gasteiger partial charge in [-0.1, -0.05) is 6.08 Å². The van der Waals surface area contributed by atoms with Crippen LogP contribution in [0.1, 0.15) is 22.7 Å². The second-order valence-electron chi connectivity index (χ2n) is 7.15. The summed E-state index contributed by atoms with van der Waals surface area (Å²) in [6, 6.07) is 9.75. The van der Waals surface area contributed by atoms with Crippen LogP contribution in [0.4, 0.5) is 0 Å². The van der Waals surface area contributed by atoms with Crippen LogP contribution < -0.4 is 16.0 Å². The second-order valence-corrected chi connectivity index (χ2v) is 7.15. The van der Waals surface area contributed by atoms with E-state index in [4.69, 9.17) is 19.9 Å². The Morgan fingerprint density at radius 2 is 2.07 bits per heavy atom. The van der Waals surface area contributed by atoms with Crippen molar-refractivity contribution < 1.29 is 19.3 Å². The Labute approximate surface area is 173 Å². The van der Waals surface area contributed by atoms with Crippen molar-refractivity contribution in [2.24, 2.45) is 5.73 Å². The molecule has 0 saturated carbocycles. The predicted octanol–water partition coefficient (Wildman–Crippen LogP) is 0.504. The van der Waals surface area contributed by atoms with E-state index in [1.54, 1.807) is 24.3 Å². The van der Waals surface area contributed by atoms with E-state index >= 15 is 0 Å². The van der Waals surface area contributed by atoms with Crippen molar-refractivity contribution in [3.8, 4) is 11.8 Å². The molecule has 0 spiro atoms. The van der Waals surface area contributed by atoms with E-state index in [9.17, 15) is 15.2 Å². The molecule has 3 N–H and O–H groups in total. The number of hydrogen-bond acceptors (Lipinski definition) is 8. The number of nitriles is 1. The molecule has 9 nitrogen and oxygen atoms in total. The van der Waals surface area contributed by atoms with Gasteiger partial charge in [-0.25, -0.2) is 4.68 Å². The number of aromatic nitrogens is 2. The maximum atomic E-state index is 12.1. The third kappa shape index (κ3) is 3.51. The van der Waals surface area contributed by atoms with Crippen molar-refractivity contribution in [2.45, 2.75) is 23.8 Å². The SMILES string of the molecule is C=CCn1nc([C@H]2c3cc(C#N)ccc3OC(COC)(COC)[C@@]2(N)O)ccc1=O. The highest BCUT2D eigenvalue weighted by atomic mass is 16.6. The van der Waals surface area contributed by atoms with Gasteiger partial charge in [0.2, 0.25) is 0 Å². The van der Waals surface area contributed by atoms with E-state index in [1.165, 1.54) is 31.0 Å². The van der Waals surface area contributed by atoms with E-state index in [2.05, 4.69) is 17.7 Å². The first-order valence-corrected chi connectivity index (χ1v) is 9.24. The smallest absolute Gasteiger partial charge is 0.267 e. The van der Waals surface area contributed by atoms with E-state index in [-0.39, 0.29) is 25.3 Å². The molecule has 2 aromatic rings. The fraction of sp³-hybridized carbons (Fsp3) is 0.381. The van der Waals surface area contributed by atoms with Gasteiger partial charge in [-0.15, -0.1) is 6.58 Å². The molecule has 3 rings (SSSR count). The Morgan fingerprint density at radius 3 is 2.67 bits per heavy atom. The van der Waals surface area contributed by atoms with Crippen LogP contribution in [-0.4, -0.2) is 53.6 Å². The summed E-state index contributed by atoms with van der Waals surface area (Å²) in [5.74, 6) is -0.525. The summed E-state index contributed by atoms with van der Waals surface area (Å²) in [5, 5.41) is 25.4. The van der Waals surface area contributed by atoms with Gasteiger partial charge in [0.1, 0.15) is 5.75 Å². The molecule has 30 heavy (non-hydrogen) atoms. The van der Waals surface area contributed by atoms with Crippen LogP contribution >= 0.6 is 0 Å².